The minimum Gasteiger partial charge on any atom is -0.744 e. The van der Waals surface area contributed by atoms with Crippen LogP contribution in [0.15, 0.2) is 45.9 Å². The molecule has 0 N–H and O–H groups in total. The van der Waals surface area contributed by atoms with Crippen molar-refractivity contribution in [3.8, 4) is 11.3 Å². The zero-order valence-electron chi connectivity index (χ0n) is 9.16. The van der Waals surface area contributed by atoms with E-state index in [4.69, 9.17) is 4.52 Å². The van der Waals surface area contributed by atoms with E-state index in [1.807, 2.05) is 6.92 Å². The highest BCUT2D eigenvalue weighted by atomic mass is 32.2. The fourth-order valence-corrected chi connectivity index (χ4v) is 1.91. The van der Waals surface area contributed by atoms with Gasteiger partial charge in [-0.3, -0.25) is 0 Å². The molecule has 0 fully saturated rings. The monoisotopic (exact) mass is 253 g/mol. The first kappa shape index (κ1) is 11.8. The Morgan fingerprint density at radius 3 is 2.35 bits per heavy atom. The summed E-state index contributed by atoms with van der Waals surface area (Å²) in [6.45, 7) is 2.66. The molecule has 6 heteroatoms. The van der Waals surface area contributed by atoms with E-state index in [0.717, 1.165) is 5.56 Å². The third kappa shape index (κ3) is 2.54. The van der Waals surface area contributed by atoms with Crippen LogP contribution in [0, 0.1) is 0 Å². The molecule has 0 aliphatic carbocycles. The van der Waals surface area contributed by atoms with Crippen LogP contribution in [0.5, 0.6) is 0 Å². The Labute approximate surface area is 99.0 Å². The standard InChI is InChI=1S/C11H11NO4S/c1-2-12-8-7-11(16-12)9-3-5-10(6-4-9)17(13,14)15/h3-8H,2H2,1H3. The van der Waals surface area contributed by atoms with E-state index in [9.17, 15) is 13.0 Å². The summed E-state index contributed by atoms with van der Waals surface area (Å²) >= 11 is 0. The van der Waals surface area contributed by atoms with E-state index in [-0.39, 0.29) is 4.90 Å². The van der Waals surface area contributed by atoms with Crippen LogP contribution in [0.4, 0.5) is 0 Å². The van der Waals surface area contributed by atoms with E-state index < -0.39 is 10.1 Å². The van der Waals surface area contributed by atoms with Gasteiger partial charge < -0.3 is 4.55 Å². The molecule has 0 atom stereocenters. The van der Waals surface area contributed by atoms with Crippen molar-refractivity contribution >= 4 is 10.1 Å². The van der Waals surface area contributed by atoms with Crippen molar-refractivity contribution in [2.24, 2.45) is 0 Å². The molecule has 2 rings (SSSR count). The van der Waals surface area contributed by atoms with Crippen LogP contribution in [0.25, 0.3) is 11.3 Å². The third-order valence-corrected chi connectivity index (χ3v) is 3.20. The smallest absolute Gasteiger partial charge is 0.220 e. The molecule has 0 amide bonds. The van der Waals surface area contributed by atoms with Crippen molar-refractivity contribution in [3.63, 3.8) is 0 Å². The van der Waals surface area contributed by atoms with Gasteiger partial charge in [-0.1, -0.05) is 0 Å². The highest BCUT2D eigenvalue weighted by molar-refractivity contribution is 7.85. The topological polar surface area (TPSA) is 74.2 Å². The minimum absolute atomic E-state index is 0.240. The molecule has 0 saturated heterocycles. The van der Waals surface area contributed by atoms with Crippen molar-refractivity contribution in [2.75, 3.05) is 0 Å². The van der Waals surface area contributed by atoms with Gasteiger partial charge in [0.2, 0.25) is 12.0 Å². The zero-order chi connectivity index (χ0) is 12.5. The summed E-state index contributed by atoms with van der Waals surface area (Å²) in [6, 6.07) is 7.42. The van der Waals surface area contributed by atoms with Crippen molar-refractivity contribution < 1.29 is 22.2 Å². The lowest BCUT2D eigenvalue weighted by Gasteiger charge is -2.06. The molecule has 90 valence electrons. The number of rotatable bonds is 3. The second-order valence-electron chi connectivity index (χ2n) is 3.48. The van der Waals surface area contributed by atoms with Crippen LogP contribution in [-0.4, -0.2) is 13.0 Å². The molecule has 1 aromatic carbocycles. The predicted octanol–water partition coefficient (Wildman–Crippen LogP) is 1.16. The second-order valence-corrected chi connectivity index (χ2v) is 4.86. The largest absolute Gasteiger partial charge is 0.744 e. The van der Waals surface area contributed by atoms with Gasteiger partial charge in [-0.2, -0.15) is 0 Å². The van der Waals surface area contributed by atoms with Gasteiger partial charge in [-0.05, 0) is 35.9 Å². The molecule has 1 aromatic heterocycles. The Morgan fingerprint density at radius 1 is 1.24 bits per heavy atom. The molecule has 0 aliphatic rings. The summed E-state index contributed by atoms with van der Waals surface area (Å²) in [7, 11) is -4.39. The number of aryl methyl sites for hydroxylation is 1. The minimum atomic E-state index is -4.39. The van der Waals surface area contributed by atoms with E-state index in [0.29, 0.717) is 12.3 Å². The lowest BCUT2D eigenvalue weighted by molar-refractivity contribution is -0.860. The van der Waals surface area contributed by atoms with E-state index in [1.165, 1.54) is 12.1 Å². The average molecular weight is 253 g/mol. The SMILES string of the molecule is CC[n+]1ccc(-c2ccc(S(=O)(=O)[O-])cc2)o1. The molecule has 0 unspecified atom stereocenters. The van der Waals surface area contributed by atoms with E-state index >= 15 is 0 Å². The van der Waals surface area contributed by atoms with Crippen LogP contribution in [0.2, 0.25) is 0 Å². The quantitative estimate of drug-likeness (QED) is 0.607. The van der Waals surface area contributed by atoms with Crippen LogP contribution in [0.1, 0.15) is 6.92 Å². The highest BCUT2D eigenvalue weighted by Crippen LogP contribution is 2.20. The molecule has 0 spiro atoms. The van der Waals surface area contributed by atoms with Gasteiger partial charge in [0.05, 0.1) is 11.0 Å². The normalized spacial score (nSPS) is 11.6. The summed E-state index contributed by atoms with van der Waals surface area (Å²) in [6.07, 6.45) is 1.79. The lowest BCUT2D eigenvalue weighted by atomic mass is 10.2. The number of hydrogen-bond donors (Lipinski definition) is 0. The van der Waals surface area contributed by atoms with Gasteiger partial charge in [0.1, 0.15) is 10.1 Å². The van der Waals surface area contributed by atoms with Gasteiger partial charge in [-0.25, -0.2) is 12.9 Å². The molecule has 0 aliphatic heterocycles. The van der Waals surface area contributed by atoms with Gasteiger partial charge in [0, 0.05) is 5.56 Å². The van der Waals surface area contributed by atoms with Gasteiger partial charge in [0.15, 0.2) is 6.54 Å². The Morgan fingerprint density at radius 2 is 1.88 bits per heavy atom. The third-order valence-electron chi connectivity index (χ3n) is 2.35. The summed E-state index contributed by atoms with van der Waals surface area (Å²) in [5, 5.41) is 0. The van der Waals surface area contributed by atoms with Crippen molar-refractivity contribution in [1.29, 1.82) is 0 Å². The molecule has 17 heavy (non-hydrogen) atoms. The van der Waals surface area contributed by atoms with E-state index in [2.05, 4.69) is 0 Å². The predicted molar refractivity (Wildman–Crippen MR) is 58.0 cm³/mol. The molecule has 5 nitrogen and oxygen atoms in total. The molecular formula is C11H11NO4S. The van der Waals surface area contributed by atoms with Crippen LogP contribution >= 0.6 is 0 Å². The number of nitrogens with zero attached hydrogens (tertiary/aromatic N) is 1. The summed E-state index contributed by atoms with van der Waals surface area (Å²) < 4.78 is 39.3. The Hall–Kier alpha value is -1.66. The van der Waals surface area contributed by atoms with Crippen molar-refractivity contribution in [1.82, 2.24) is 0 Å². The highest BCUT2D eigenvalue weighted by Gasteiger charge is 2.10. The number of aromatic nitrogens is 1. The van der Waals surface area contributed by atoms with Gasteiger partial charge >= 0.3 is 0 Å². The zero-order valence-corrected chi connectivity index (χ0v) is 9.98. The fraction of sp³-hybridized carbons (Fsp3) is 0.182. The maximum atomic E-state index is 10.7. The summed E-state index contributed by atoms with van der Waals surface area (Å²) in [5.74, 6) is 0.627. The average Bonchev–Trinajstić information content (AvgIpc) is 2.76. The molecule has 0 bridgehead atoms. The van der Waals surface area contributed by atoms with Gasteiger partial charge in [-0.15, -0.1) is 0 Å². The maximum absolute atomic E-state index is 10.7. The second kappa shape index (κ2) is 4.31. The lowest BCUT2D eigenvalue weighted by Crippen LogP contribution is -2.27. The Balaban J connectivity index is 2.35. The van der Waals surface area contributed by atoms with Crippen LogP contribution in [0.3, 0.4) is 0 Å². The molecule has 1 heterocycles. The summed E-state index contributed by atoms with van der Waals surface area (Å²) in [5.41, 5.74) is 0.726. The first-order chi connectivity index (χ1) is 8.00. The molecule has 2 aromatic rings. The van der Waals surface area contributed by atoms with Gasteiger partial charge in [0.25, 0.3) is 0 Å². The Bertz CT molecular complexity index is 613. The maximum Gasteiger partial charge on any atom is 0.220 e. The van der Waals surface area contributed by atoms with Crippen LogP contribution in [-0.2, 0) is 16.7 Å². The van der Waals surface area contributed by atoms with E-state index in [1.54, 1.807) is 29.1 Å². The van der Waals surface area contributed by atoms with Crippen molar-refractivity contribution in [3.05, 3.63) is 36.5 Å². The number of hydrogen-bond acceptors (Lipinski definition) is 4. The van der Waals surface area contributed by atoms with Crippen LogP contribution < -0.4 is 4.74 Å². The molecule has 0 saturated carbocycles. The first-order valence-electron chi connectivity index (χ1n) is 5.07. The number of benzene rings is 1. The first-order valence-corrected chi connectivity index (χ1v) is 6.47. The summed E-state index contributed by atoms with van der Waals surface area (Å²) in [4.78, 5) is -0.240. The molecular weight excluding hydrogens is 242 g/mol. The fourth-order valence-electron chi connectivity index (χ4n) is 1.44. The Kier molecular flexibility index (Phi) is 2.99. The van der Waals surface area contributed by atoms with Crippen molar-refractivity contribution in [2.45, 2.75) is 18.4 Å². The molecule has 0 radical (unpaired) electrons.